The molecule has 5 rings (SSSR count). The zero-order valence-electron chi connectivity index (χ0n) is 20.7. The lowest BCUT2D eigenvalue weighted by molar-refractivity contribution is -0.384. The lowest BCUT2D eigenvalue weighted by atomic mass is 10.0. The van der Waals surface area contributed by atoms with Gasteiger partial charge in [-0.05, 0) is 36.4 Å². The summed E-state index contributed by atoms with van der Waals surface area (Å²) in [5, 5.41) is 13.0. The van der Waals surface area contributed by atoms with Crippen LogP contribution in [0.25, 0.3) is 17.4 Å². The molecule has 0 radical (unpaired) electrons. The molecule has 4 heterocycles. The fourth-order valence-corrected chi connectivity index (χ4v) is 5.96. The Balaban J connectivity index is 1.57. The first kappa shape index (κ1) is 25.6. The van der Waals surface area contributed by atoms with Crippen LogP contribution in [0.3, 0.4) is 0 Å². The van der Waals surface area contributed by atoms with Crippen LogP contribution in [0.15, 0.2) is 79.4 Å². The van der Waals surface area contributed by atoms with Crippen molar-refractivity contribution in [1.82, 2.24) is 4.57 Å². The van der Waals surface area contributed by atoms with Crippen molar-refractivity contribution in [2.75, 3.05) is 6.61 Å². The zero-order valence-corrected chi connectivity index (χ0v) is 22.4. The normalized spacial score (nSPS) is 15.5. The van der Waals surface area contributed by atoms with E-state index in [0.717, 1.165) is 4.88 Å². The Labute approximate surface area is 224 Å². The molecule has 194 valence electrons. The number of nitrogens with zero attached hydrogens (tertiary/aromatic N) is 3. The Hall–Kier alpha value is -4.09. The number of aromatic nitrogens is 1. The fourth-order valence-electron chi connectivity index (χ4n) is 4.11. The van der Waals surface area contributed by atoms with Gasteiger partial charge in [-0.25, -0.2) is 9.79 Å². The number of carbonyl (C=O) groups is 1. The molecule has 9 nitrogen and oxygen atoms in total. The quantitative estimate of drug-likeness (QED) is 0.188. The minimum Gasteiger partial charge on any atom is -0.462 e. The summed E-state index contributed by atoms with van der Waals surface area (Å²) in [5.74, 6) is 0.536. The fraction of sp³-hybridized carbons (Fsp3) is 0.222. The number of thiophene rings is 1. The number of carbonyl (C=O) groups excluding carboxylic acids is 1. The summed E-state index contributed by atoms with van der Waals surface area (Å²) >= 11 is 2.65. The summed E-state index contributed by atoms with van der Waals surface area (Å²) in [6.45, 7) is 5.93. The molecule has 38 heavy (non-hydrogen) atoms. The molecule has 0 bridgehead atoms. The largest absolute Gasteiger partial charge is 0.462 e. The van der Waals surface area contributed by atoms with E-state index in [0.29, 0.717) is 37.7 Å². The molecule has 4 aromatic rings. The molecule has 0 spiro atoms. The van der Waals surface area contributed by atoms with Gasteiger partial charge in [-0.2, -0.15) is 0 Å². The molecule has 1 aromatic carbocycles. The number of hydrogen-bond acceptors (Lipinski definition) is 9. The molecular weight excluding hydrogens is 526 g/mol. The van der Waals surface area contributed by atoms with Gasteiger partial charge in [0.25, 0.3) is 11.2 Å². The highest BCUT2D eigenvalue weighted by Gasteiger charge is 2.34. The molecule has 1 aliphatic rings. The number of rotatable bonds is 7. The second-order valence-corrected chi connectivity index (χ2v) is 11.1. The van der Waals surface area contributed by atoms with Gasteiger partial charge in [0.05, 0.1) is 27.3 Å². The number of fused-ring (bicyclic) bond motifs is 1. The topological polar surface area (TPSA) is 117 Å². The first-order chi connectivity index (χ1) is 18.2. The van der Waals surface area contributed by atoms with Gasteiger partial charge in [-0.3, -0.25) is 19.5 Å². The lowest BCUT2D eigenvalue weighted by Gasteiger charge is -2.23. The van der Waals surface area contributed by atoms with Crippen LogP contribution in [0.2, 0.25) is 0 Å². The van der Waals surface area contributed by atoms with Gasteiger partial charge >= 0.3 is 5.97 Å². The number of esters is 1. The number of non-ortho nitro benzene ring substituents is 1. The highest BCUT2D eigenvalue weighted by atomic mass is 32.1. The number of thiazole rings is 1. The Morgan fingerprint density at radius 2 is 2.08 bits per heavy atom. The average Bonchev–Trinajstić information content (AvgIpc) is 3.64. The van der Waals surface area contributed by atoms with Crippen LogP contribution in [0.4, 0.5) is 5.69 Å². The van der Waals surface area contributed by atoms with E-state index in [1.165, 1.54) is 39.4 Å². The summed E-state index contributed by atoms with van der Waals surface area (Å²) in [5.41, 5.74) is 1.06. The van der Waals surface area contributed by atoms with Crippen LogP contribution in [-0.2, 0) is 9.53 Å². The van der Waals surface area contributed by atoms with Crippen molar-refractivity contribution >= 4 is 40.4 Å². The number of nitro groups is 1. The maximum atomic E-state index is 13.7. The molecule has 1 aliphatic heterocycles. The molecule has 11 heteroatoms. The van der Waals surface area contributed by atoms with Gasteiger partial charge in [-0.1, -0.05) is 43.4 Å². The van der Waals surface area contributed by atoms with Crippen molar-refractivity contribution < 1.29 is 18.9 Å². The monoisotopic (exact) mass is 549 g/mol. The first-order valence-corrected chi connectivity index (χ1v) is 13.5. The van der Waals surface area contributed by atoms with Crippen LogP contribution >= 0.6 is 22.7 Å². The zero-order chi connectivity index (χ0) is 27.0. The molecule has 1 atom stereocenters. The molecule has 0 fully saturated rings. The maximum Gasteiger partial charge on any atom is 0.338 e. The van der Waals surface area contributed by atoms with E-state index < -0.39 is 16.9 Å². The van der Waals surface area contributed by atoms with Crippen LogP contribution in [0, 0.1) is 16.0 Å². The van der Waals surface area contributed by atoms with Gasteiger partial charge in [0.15, 0.2) is 4.80 Å². The SMILES string of the molecule is CC1=C(C(=O)OCC(C)C)[C@H](c2cccs2)n2c(s/c(=C\c3ccc(-c4cccc([N+](=O)[O-])c4)o3)c2=O)=N1. The summed E-state index contributed by atoms with van der Waals surface area (Å²) in [7, 11) is 0. The van der Waals surface area contributed by atoms with E-state index in [-0.39, 0.29) is 23.8 Å². The van der Waals surface area contributed by atoms with Gasteiger partial charge in [0.1, 0.15) is 17.6 Å². The van der Waals surface area contributed by atoms with E-state index >= 15 is 0 Å². The van der Waals surface area contributed by atoms with E-state index in [9.17, 15) is 19.7 Å². The number of benzene rings is 1. The summed E-state index contributed by atoms with van der Waals surface area (Å²) in [4.78, 5) is 43.3. The first-order valence-electron chi connectivity index (χ1n) is 11.8. The average molecular weight is 550 g/mol. The summed E-state index contributed by atoms with van der Waals surface area (Å²) in [6.07, 6.45) is 1.62. The van der Waals surface area contributed by atoms with Crippen molar-refractivity contribution in [3.8, 4) is 11.3 Å². The van der Waals surface area contributed by atoms with E-state index in [2.05, 4.69) is 4.99 Å². The van der Waals surface area contributed by atoms with Crippen molar-refractivity contribution in [2.24, 2.45) is 10.9 Å². The van der Waals surface area contributed by atoms with Crippen LogP contribution in [-0.4, -0.2) is 22.1 Å². The highest BCUT2D eigenvalue weighted by molar-refractivity contribution is 7.10. The van der Waals surface area contributed by atoms with Crippen molar-refractivity contribution in [3.63, 3.8) is 0 Å². The Bertz CT molecular complexity index is 1740. The van der Waals surface area contributed by atoms with Crippen LogP contribution < -0.4 is 14.9 Å². The molecule has 0 saturated carbocycles. The smallest absolute Gasteiger partial charge is 0.338 e. The van der Waals surface area contributed by atoms with Crippen LogP contribution in [0.5, 0.6) is 0 Å². The van der Waals surface area contributed by atoms with E-state index in [4.69, 9.17) is 9.15 Å². The Kier molecular flexibility index (Phi) is 6.96. The number of nitro benzene ring substituents is 1. The predicted molar refractivity (Wildman–Crippen MR) is 145 cm³/mol. The Morgan fingerprint density at radius 1 is 1.26 bits per heavy atom. The highest BCUT2D eigenvalue weighted by Crippen LogP contribution is 2.33. The third-order valence-corrected chi connectivity index (χ3v) is 7.75. The van der Waals surface area contributed by atoms with Crippen molar-refractivity contribution in [3.05, 3.63) is 106 Å². The van der Waals surface area contributed by atoms with Crippen LogP contribution in [0.1, 0.15) is 37.5 Å². The molecular formula is C27H23N3O6S2. The predicted octanol–water partition coefficient (Wildman–Crippen LogP) is 4.66. The second kappa shape index (κ2) is 10.3. The second-order valence-electron chi connectivity index (χ2n) is 9.10. The summed E-state index contributed by atoms with van der Waals surface area (Å²) < 4.78 is 13.4. The minimum absolute atomic E-state index is 0.0413. The van der Waals surface area contributed by atoms with E-state index in [1.807, 2.05) is 31.4 Å². The number of ether oxygens (including phenoxy) is 1. The molecule has 0 N–H and O–H groups in total. The standard InChI is InChI=1S/C27H23N3O6S2/c1-15(2)14-35-26(32)23-16(3)28-27-29(24(23)21-8-5-11-37-21)25(31)22(38-27)13-19-9-10-20(36-19)17-6-4-7-18(12-17)30(33)34/h4-13,15,24H,14H2,1-3H3/b22-13-/t24-/m0/s1. The van der Waals surface area contributed by atoms with E-state index in [1.54, 1.807) is 37.3 Å². The number of furan rings is 1. The van der Waals surface area contributed by atoms with Gasteiger partial charge in [0.2, 0.25) is 0 Å². The van der Waals surface area contributed by atoms with Gasteiger partial charge in [-0.15, -0.1) is 11.3 Å². The number of allylic oxidation sites excluding steroid dienone is 1. The van der Waals surface area contributed by atoms with Crippen molar-refractivity contribution in [1.29, 1.82) is 0 Å². The molecule has 0 aliphatic carbocycles. The molecule has 0 unspecified atom stereocenters. The molecule has 0 saturated heterocycles. The van der Waals surface area contributed by atoms with Gasteiger partial charge in [0, 0.05) is 28.6 Å². The minimum atomic E-state index is -0.648. The lowest BCUT2D eigenvalue weighted by Crippen LogP contribution is -2.39. The van der Waals surface area contributed by atoms with Gasteiger partial charge < -0.3 is 9.15 Å². The third kappa shape index (κ3) is 4.90. The summed E-state index contributed by atoms with van der Waals surface area (Å²) in [6, 6.07) is 12.7. The molecule has 0 amide bonds. The Morgan fingerprint density at radius 3 is 2.79 bits per heavy atom. The third-order valence-electron chi connectivity index (χ3n) is 5.84. The molecule has 3 aromatic heterocycles. The number of hydrogen-bond donors (Lipinski definition) is 0. The maximum absolute atomic E-state index is 13.7. The van der Waals surface area contributed by atoms with Crippen molar-refractivity contribution in [2.45, 2.75) is 26.8 Å².